The first kappa shape index (κ1) is 15.5. The fourth-order valence-electron chi connectivity index (χ4n) is 1.31. The van der Waals surface area contributed by atoms with Crippen molar-refractivity contribution in [1.29, 1.82) is 0 Å². The monoisotopic (exact) mass is 330 g/mol. The molecule has 0 aliphatic rings. The predicted octanol–water partition coefficient (Wildman–Crippen LogP) is 2.79. The molecule has 3 nitrogen and oxygen atoms in total. The van der Waals surface area contributed by atoms with Gasteiger partial charge in [-0.1, -0.05) is 19.9 Å². The summed E-state index contributed by atoms with van der Waals surface area (Å²) in [6, 6.07) is 6.72. The predicted molar refractivity (Wildman–Crippen MR) is 80.9 cm³/mol. The molecule has 0 heterocycles. The van der Waals surface area contributed by atoms with Gasteiger partial charge in [0.15, 0.2) is 0 Å². The number of benzene rings is 1. The molecule has 100 valence electrons. The SMILES string of the molecule is CNC(=O)CSc1ccc(CNC(C)C)cc1Br. The van der Waals surface area contributed by atoms with Crippen molar-refractivity contribution < 1.29 is 4.79 Å². The molecule has 0 saturated carbocycles. The third-order valence-corrected chi connectivity index (χ3v) is 4.34. The molecule has 0 aliphatic carbocycles. The Morgan fingerprint density at radius 3 is 2.72 bits per heavy atom. The molecule has 0 bridgehead atoms. The molecule has 0 fully saturated rings. The van der Waals surface area contributed by atoms with Crippen LogP contribution in [0.1, 0.15) is 19.4 Å². The molecule has 0 radical (unpaired) electrons. The Hall–Kier alpha value is -0.520. The normalized spacial score (nSPS) is 10.7. The van der Waals surface area contributed by atoms with E-state index >= 15 is 0 Å². The second-order valence-corrected chi connectivity index (χ2v) is 6.13. The van der Waals surface area contributed by atoms with Crippen molar-refractivity contribution in [3.63, 3.8) is 0 Å². The lowest BCUT2D eigenvalue weighted by Crippen LogP contribution is -2.21. The number of carbonyl (C=O) groups excluding carboxylic acids is 1. The van der Waals surface area contributed by atoms with Crippen molar-refractivity contribution in [3.8, 4) is 0 Å². The lowest BCUT2D eigenvalue weighted by atomic mass is 10.2. The fraction of sp³-hybridized carbons (Fsp3) is 0.462. The lowest BCUT2D eigenvalue weighted by molar-refractivity contribution is -0.118. The summed E-state index contributed by atoms with van der Waals surface area (Å²) in [6.07, 6.45) is 0. The van der Waals surface area contributed by atoms with Crippen LogP contribution in [0.2, 0.25) is 0 Å². The summed E-state index contributed by atoms with van der Waals surface area (Å²) in [5.41, 5.74) is 1.24. The molecule has 0 aromatic heterocycles. The zero-order valence-electron chi connectivity index (χ0n) is 10.9. The number of carbonyl (C=O) groups is 1. The molecule has 1 aromatic rings. The van der Waals surface area contributed by atoms with E-state index in [1.807, 2.05) is 0 Å². The maximum absolute atomic E-state index is 11.2. The van der Waals surface area contributed by atoms with E-state index in [0.29, 0.717) is 11.8 Å². The minimum absolute atomic E-state index is 0.0393. The standard InChI is InChI=1S/C13H19BrN2OS/c1-9(2)16-7-10-4-5-12(11(14)6-10)18-8-13(17)15-3/h4-6,9,16H,7-8H2,1-3H3,(H,15,17). The van der Waals surface area contributed by atoms with E-state index in [9.17, 15) is 4.79 Å². The Kier molecular flexibility index (Phi) is 6.75. The van der Waals surface area contributed by atoms with Crippen LogP contribution in [0.5, 0.6) is 0 Å². The van der Waals surface area contributed by atoms with Crippen LogP contribution in [0, 0.1) is 0 Å². The van der Waals surface area contributed by atoms with Crippen LogP contribution >= 0.6 is 27.7 Å². The van der Waals surface area contributed by atoms with Gasteiger partial charge in [0.2, 0.25) is 5.91 Å². The van der Waals surface area contributed by atoms with Gasteiger partial charge >= 0.3 is 0 Å². The highest BCUT2D eigenvalue weighted by Gasteiger charge is 2.05. The molecule has 18 heavy (non-hydrogen) atoms. The number of hydrogen-bond acceptors (Lipinski definition) is 3. The first-order valence-corrected chi connectivity index (χ1v) is 7.66. The number of rotatable bonds is 6. The first-order valence-electron chi connectivity index (χ1n) is 5.88. The van der Waals surface area contributed by atoms with E-state index in [-0.39, 0.29) is 5.91 Å². The van der Waals surface area contributed by atoms with Crippen LogP contribution in [0.15, 0.2) is 27.6 Å². The molecule has 2 N–H and O–H groups in total. The summed E-state index contributed by atoms with van der Waals surface area (Å²) in [4.78, 5) is 12.3. The molecular formula is C13H19BrN2OS. The van der Waals surface area contributed by atoms with Crippen LogP contribution in [0.4, 0.5) is 0 Å². The van der Waals surface area contributed by atoms with Crippen LogP contribution in [0.25, 0.3) is 0 Å². The Morgan fingerprint density at radius 1 is 1.44 bits per heavy atom. The van der Waals surface area contributed by atoms with E-state index in [0.717, 1.165) is 15.9 Å². The number of thioether (sulfide) groups is 1. The van der Waals surface area contributed by atoms with Gasteiger partial charge < -0.3 is 10.6 Å². The van der Waals surface area contributed by atoms with E-state index in [1.54, 1.807) is 7.05 Å². The van der Waals surface area contributed by atoms with Gasteiger partial charge in [-0.3, -0.25) is 4.79 Å². The minimum Gasteiger partial charge on any atom is -0.358 e. The minimum atomic E-state index is 0.0393. The molecule has 5 heteroatoms. The topological polar surface area (TPSA) is 41.1 Å². The van der Waals surface area contributed by atoms with Gasteiger partial charge in [0.25, 0.3) is 0 Å². The summed E-state index contributed by atoms with van der Waals surface area (Å²) < 4.78 is 1.04. The molecule has 1 aromatic carbocycles. The van der Waals surface area contributed by atoms with Gasteiger partial charge in [0, 0.05) is 29.0 Å². The van der Waals surface area contributed by atoms with Crippen molar-refractivity contribution in [2.75, 3.05) is 12.8 Å². The molecule has 0 spiro atoms. The summed E-state index contributed by atoms with van der Waals surface area (Å²) >= 11 is 5.08. The maximum atomic E-state index is 11.2. The number of amides is 1. The average molecular weight is 331 g/mol. The van der Waals surface area contributed by atoms with Gasteiger partial charge in [0.1, 0.15) is 0 Å². The van der Waals surface area contributed by atoms with Crippen molar-refractivity contribution in [2.45, 2.75) is 31.3 Å². The Labute approximate surface area is 121 Å². The van der Waals surface area contributed by atoms with Crippen molar-refractivity contribution in [1.82, 2.24) is 10.6 Å². The molecule has 0 atom stereocenters. The zero-order chi connectivity index (χ0) is 13.5. The lowest BCUT2D eigenvalue weighted by Gasteiger charge is -2.10. The average Bonchev–Trinajstić information content (AvgIpc) is 2.34. The second-order valence-electron chi connectivity index (χ2n) is 4.26. The van der Waals surface area contributed by atoms with Gasteiger partial charge in [-0.2, -0.15) is 0 Å². The van der Waals surface area contributed by atoms with Crippen LogP contribution < -0.4 is 10.6 Å². The van der Waals surface area contributed by atoms with E-state index in [4.69, 9.17) is 0 Å². The summed E-state index contributed by atoms with van der Waals surface area (Å²) in [6.45, 7) is 5.11. The summed E-state index contributed by atoms with van der Waals surface area (Å²) in [5.74, 6) is 0.482. The van der Waals surface area contributed by atoms with Gasteiger partial charge in [-0.25, -0.2) is 0 Å². The highest BCUT2D eigenvalue weighted by Crippen LogP contribution is 2.28. The molecular weight excluding hydrogens is 312 g/mol. The Balaban J connectivity index is 2.59. The van der Waals surface area contributed by atoms with Gasteiger partial charge in [-0.15, -0.1) is 11.8 Å². The van der Waals surface area contributed by atoms with Crippen LogP contribution in [-0.4, -0.2) is 24.7 Å². The smallest absolute Gasteiger partial charge is 0.230 e. The molecule has 0 unspecified atom stereocenters. The highest BCUT2D eigenvalue weighted by molar-refractivity contribution is 9.10. The number of nitrogens with one attached hydrogen (secondary N) is 2. The number of hydrogen-bond donors (Lipinski definition) is 2. The van der Waals surface area contributed by atoms with Crippen molar-refractivity contribution in [3.05, 3.63) is 28.2 Å². The molecule has 0 aliphatic heterocycles. The third-order valence-electron chi connectivity index (χ3n) is 2.35. The second kappa shape index (κ2) is 7.81. The van der Waals surface area contributed by atoms with Gasteiger partial charge in [0.05, 0.1) is 5.75 Å². The van der Waals surface area contributed by atoms with E-state index in [2.05, 4.69) is 58.6 Å². The molecule has 1 rings (SSSR count). The Bertz CT molecular complexity index is 410. The van der Waals surface area contributed by atoms with Crippen LogP contribution in [-0.2, 0) is 11.3 Å². The maximum Gasteiger partial charge on any atom is 0.230 e. The van der Waals surface area contributed by atoms with Crippen molar-refractivity contribution in [2.24, 2.45) is 0 Å². The Morgan fingerprint density at radius 2 is 2.17 bits per heavy atom. The molecule has 1 amide bonds. The van der Waals surface area contributed by atoms with Gasteiger partial charge in [-0.05, 0) is 33.6 Å². The third kappa shape index (κ3) is 5.42. The molecule has 0 saturated heterocycles. The van der Waals surface area contributed by atoms with Crippen LogP contribution in [0.3, 0.4) is 0 Å². The summed E-state index contributed by atoms with van der Waals surface area (Å²) in [7, 11) is 1.65. The zero-order valence-corrected chi connectivity index (χ0v) is 13.3. The van der Waals surface area contributed by atoms with E-state index in [1.165, 1.54) is 17.3 Å². The first-order chi connectivity index (χ1) is 8.52. The quantitative estimate of drug-likeness (QED) is 0.788. The largest absolute Gasteiger partial charge is 0.358 e. The van der Waals surface area contributed by atoms with Crippen molar-refractivity contribution >= 4 is 33.6 Å². The fourth-order valence-corrected chi connectivity index (χ4v) is 2.87. The van der Waals surface area contributed by atoms with E-state index < -0.39 is 0 Å². The number of halogens is 1. The summed E-state index contributed by atoms with van der Waals surface area (Å²) in [5, 5.41) is 5.99. The highest BCUT2D eigenvalue weighted by atomic mass is 79.9.